The zero-order chi connectivity index (χ0) is 17.0. The van der Waals surface area contributed by atoms with Crippen molar-refractivity contribution in [2.75, 3.05) is 18.4 Å². The van der Waals surface area contributed by atoms with Crippen LogP contribution in [-0.4, -0.2) is 35.0 Å². The lowest BCUT2D eigenvalue weighted by Crippen LogP contribution is -2.38. The zero-order valence-electron chi connectivity index (χ0n) is 12.6. The first-order valence-electron chi connectivity index (χ1n) is 6.88. The fourth-order valence-electron chi connectivity index (χ4n) is 1.94. The molecule has 2 amide bonds. The molecule has 1 N–H and O–H groups in total. The van der Waals surface area contributed by atoms with E-state index in [0.717, 1.165) is 17.0 Å². The van der Waals surface area contributed by atoms with Crippen LogP contribution in [-0.2, 0) is 4.79 Å². The van der Waals surface area contributed by atoms with Crippen molar-refractivity contribution in [2.45, 2.75) is 13.8 Å². The van der Waals surface area contributed by atoms with Gasteiger partial charge in [0.05, 0.1) is 5.56 Å². The lowest BCUT2D eigenvalue weighted by atomic mass is 10.1. The first-order valence-corrected chi connectivity index (χ1v) is 6.88. The highest BCUT2D eigenvalue weighted by Gasteiger charge is 2.21. The highest BCUT2D eigenvalue weighted by Crippen LogP contribution is 2.13. The molecule has 0 aliphatic rings. The van der Waals surface area contributed by atoms with E-state index in [-0.39, 0.29) is 24.5 Å². The molecule has 23 heavy (non-hydrogen) atoms. The first-order chi connectivity index (χ1) is 10.9. The van der Waals surface area contributed by atoms with Gasteiger partial charge >= 0.3 is 0 Å². The number of halogens is 2. The molecular weight excluding hydrogens is 308 g/mol. The molecule has 0 saturated heterocycles. The summed E-state index contributed by atoms with van der Waals surface area (Å²) in [6.45, 7) is 3.20. The van der Waals surface area contributed by atoms with E-state index >= 15 is 0 Å². The molecule has 0 saturated carbocycles. The van der Waals surface area contributed by atoms with Crippen molar-refractivity contribution >= 4 is 17.6 Å². The Morgan fingerprint density at radius 3 is 2.61 bits per heavy atom. The molecule has 0 fully saturated rings. The van der Waals surface area contributed by atoms with E-state index in [1.807, 2.05) is 0 Å². The number of likely N-dealkylation sites (N-methyl/N-ethyl adjacent to an activating group) is 1. The first kappa shape index (κ1) is 16.6. The molecule has 0 aliphatic carbocycles. The van der Waals surface area contributed by atoms with Crippen LogP contribution in [0.2, 0.25) is 0 Å². The fourth-order valence-corrected chi connectivity index (χ4v) is 1.94. The number of aromatic nitrogens is 1. The summed E-state index contributed by atoms with van der Waals surface area (Å²) in [6, 6.07) is 4.19. The summed E-state index contributed by atoms with van der Waals surface area (Å²) in [5.41, 5.74) is -0.293. The molecule has 6 nitrogen and oxygen atoms in total. The van der Waals surface area contributed by atoms with Gasteiger partial charge in [-0.05, 0) is 26.0 Å². The van der Waals surface area contributed by atoms with Crippen LogP contribution in [0.3, 0.4) is 0 Å². The zero-order valence-corrected chi connectivity index (χ0v) is 12.6. The van der Waals surface area contributed by atoms with Crippen LogP contribution in [0.5, 0.6) is 0 Å². The number of nitrogens with zero attached hydrogens (tertiary/aromatic N) is 2. The molecule has 0 bridgehead atoms. The molecule has 2 aromatic rings. The van der Waals surface area contributed by atoms with Gasteiger partial charge in [0.1, 0.15) is 23.9 Å². The number of nitrogens with one attached hydrogen (secondary N) is 1. The van der Waals surface area contributed by atoms with Gasteiger partial charge in [-0.25, -0.2) is 8.78 Å². The van der Waals surface area contributed by atoms with Gasteiger partial charge in [0, 0.05) is 18.7 Å². The predicted octanol–water partition coefficient (Wildman–Crippen LogP) is 2.36. The van der Waals surface area contributed by atoms with E-state index in [2.05, 4.69) is 10.5 Å². The van der Waals surface area contributed by atoms with Crippen molar-refractivity contribution in [3.05, 3.63) is 47.2 Å². The van der Waals surface area contributed by atoms with Crippen LogP contribution in [0, 0.1) is 18.6 Å². The molecule has 1 aromatic carbocycles. The molecule has 0 unspecified atom stereocenters. The number of rotatable bonds is 5. The fraction of sp³-hybridized carbons (Fsp3) is 0.267. The average Bonchev–Trinajstić information content (AvgIpc) is 2.89. The van der Waals surface area contributed by atoms with Crippen molar-refractivity contribution in [3.8, 4) is 0 Å². The van der Waals surface area contributed by atoms with Crippen molar-refractivity contribution < 1.29 is 22.9 Å². The maximum absolute atomic E-state index is 13.7. The van der Waals surface area contributed by atoms with E-state index in [9.17, 15) is 18.4 Å². The lowest BCUT2D eigenvalue weighted by Gasteiger charge is -2.20. The van der Waals surface area contributed by atoms with Crippen molar-refractivity contribution in [1.29, 1.82) is 0 Å². The molecule has 0 atom stereocenters. The maximum atomic E-state index is 13.7. The van der Waals surface area contributed by atoms with E-state index < -0.39 is 23.4 Å². The maximum Gasteiger partial charge on any atom is 0.257 e. The minimum atomic E-state index is -0.971. The molecule has 0 aliphatic heterocycles. The summed E-state index contributed by atoms with van der Waals surface area (Å²) in [5, 5.41) is 6.07. The summed E-state index contributed by atoms with van der Waals surface area (Å²) in [7, 11) is 0. The van der Waals surface area contributed by atoms with Crippen molar-refractivity contribution in [1.82, 2.24) is 10.1 Å². The molecule has 1 aromatic heterocycles. The molecule has 1 heterocycles. The Labute approximate surface area is 131 Å². The van der Waals surface area contributed by atoms with Crippen molar-refractivity contribution in [2.24, 2.45) is 0 Å². The van der Waals surface area contributed by atoms with Gasteiger partial charge in [0.15, 0.2) is 5.82 Å². The SMILES string of the molecule is CCN(CC(=O)Nc1cc(C)on1)C(=O)c1ccc(F)cc1F. The summed E-state index contributed by atoms with van der Waals surface area (Å²) >= 11 is 0. The van der Waals surface area contributed by atoms with E-state index in [1.54, 1.807) is 13.8 Å². The van der Waals surface area contributed by atoms with Gasteiger partial charge in [0.2, 0.25) is 5.91 Å². The Hall–Kier alpha value is -2.77. The van der Waals surface area contributed by atoms with Gasteiger partial charge in [-0.1, -0.05) is 5.16 Å². The highest BCUT2D eigenvalue weighted by molar-refractivity contribution is 5.99. The smallest absolute Gasteiger partial charge is 0.257 e. The van der Waals surface area contributed by atoms with Crippen LogP contribution < -0.4 is 5.32 Å². The van der Waals surface area contributed by atoms with Gasteiger partial charge in [-0.15, -0.1) is 0 Å². The average molecular weight is 323 g/mol. The number of hydrogen-bond acceptors (Lipinski definition) is 4. The molecular formula is C15H15F2N3O3. The van der Waals surface area contributed by atoms with E-state index in [4.69, 9.17) is 4.52 Å². The summed E-state index contributed by atoms with van der Waals surface area (Å²) in [5.74, 6) is -2.20. The molecule has 0 radical (unpaired) electrons. The quantitative estimate of drug-likeness (QED) is 0.916. The van der Waals surface area contributed by atoms with Gasteiger partial charge < -0.3 is 14.7 Å². The van der Waals surface area contributed by atoms with E-state index in [0.29, 0.717) is 11.8 Å². The number of benzene rings is 1. The lowest BCUT2D eigenvalue weighted by molar-refractivity contribution is -0.116. The summed E-state index contributed by atoms with van der Waals surface area (Å²) < 4.78 is 31.4. The Morgan fingerprint density at radius 1 is 1.30 bits per heavy atom. The van der Waals surface area contributed by atoms with Crippen LogP contribution in [0.25, 0.3) is 0 Å². The normalized spacial score (nSPS) is 10.4. The summed E-state index contributed by atoms with van der Waals surface area (Å²) in [4.78, 5) is 25.3. The van der Waals surface area contributed by atoms with Gasteiger partial charge in [0.25, 0.3) is 5.91 Å². The monoisotopic (exact) mass is 323 g/mol. The third-order valence-corrected chi connectivity index (χ3v) is 3.06. The second kappa shape index (κ2) is 6.99. The van der Waals surface area contributed by atoms with Gasteiger partial charge in [-0.2, -0.15) is 0 Å². The topological polar surface area (TPSA) is 75.4 Å². The molecule has 2 rings (SSSR count). The number of amides is 2. The standard InChI is InChI=1S/C15H15F2N3O3/c1-3-20(8-14(21)18-13-6-9(2)23-19-13)15(22)11-5-4-10(16)7-12(11)17/h4-7H,3,8H2,1-2H3,(H,18,19,21). The minimum Gasteiger partial charge on any atom is -0.360 e. The Bertz CT molecular complexity index is 731. The summed E-state index contributed by atoms with van der Waals surface area (Å²) in [6.07, 6.45) is 0. The Balaban J connectivity index is 2.06. The highest BCUT2D eigenvalue weighted by atomic mass is 19.1. The number of anilines is 1. The number of carbonyl (C=O) groups is 2. The third kappa shape index (κ3) is 4.12. The number of aryl methyl sites for hydroxylation is 1. The van der Waals surface area contributed by atoms with Crippen LogP contribution in [0.1, 0.15) is 23.0 Å². The van der Waals surface area contributed by atoms with Crippen LogP contribution in [0.4, 0.5) is 14.6 Å². The van der Waals surface area contributed by atoms with Crippen molar-refractivity contribution in [3.63, 3.8) is 0 Å². The Kier molecular flexibility index (Phi) is 5.05. The molecule has 122 valence electrons. The second-order valence-electron chi connectivity index (χ2n) is 4.81. The largest absolute Gasteiger partial charge is 0.360 e. The minimum absolute atomic E-state index is 0.181. The van der Waals surface area contributed by atoms with E-state index in [1.165, 1.54) is 6.07 Å². The van der Waals surface area contributed by atoms with Gasteiger partial charge in [-0.3, -0.25) is 9.59 Å². The number of hydrogen-bond donors (Lipinski definition) is 1. The molecule has 8 heteroatoms. The van der Waals surface area contributed by atoms with Crippen LogP contribution >= 0.6 is 0 Å². The second-order valence-corrected chi connectivity index (χ2v) is 4.81. The Morgan fingerprint density at radius 2 is 2.04 bits per heavy atom. The van der Waals surface area contributed by atoms with Crippen LogP contribution in [0.15, 0.2) is 28.8 Å². The predicted molar refractivity (Wildman–Crippen MR) is 77.8 cm³/mol. The third-order valence-electron chi connectivity index (χ3n) is 3.06. The number of carbonyl (C=O) groups excluding carboxylic acids is 2. The molecule has 0 spiro atoms.